The van der Waals surface area contributed by atoms with Crippen molar-refractivity contribution in [3.8, 4) is 11.8 Å². The summed E-state index contributed by atoms with van der Waals surface area (Å²) in [6.07, 6.45) is 16.3. The molecule has 5 atom stereocenters. The molecule has 5 rings (SSSR count). The highest BCUT2D eigenvalue weighted by molar-refractivity contribution is 5.50. The first-order chi connectivity index (χ1) is 15.4. The van der Waals surface area contributed by atoms with Gasteiger partial charge >= 0.3 is 0 Å². The number of pyridine rings is 1. The molecule has 4 aliphatic carbocycles. The van der Waals surface area contributed by atoms with E-state index in [-0.39, 0.29) is 17.4 Å². The Bertz CT molecular complexity index is 984. The first-order valence-corrected chi connectivity index (χ1v) is 11.9. The Kier molecular flexibility index (Phi) is 6.72. The van der Waals surface area contributed by atoms with Crippen molar-refractivity contribution in [3.63, 3.8) is 0 Å². The average Bonchev–Trinajstić information content (AvgIpc) is 3.05. The third kappa shape index (κ3) is 4.22. The van der Waals surface area contributed by atoms with Gasteiger partial charge in [0.05, 0.1) is 11.7 Å². The maximum atomic E-state index is 12.0. The highest BCUT2D eigenvalue weighted by Crippen LogP contribution is 2.58. The molecule has 1 saturated carbocycles. The summed E-state index contributed by atoms with van der Waals surface area (Å²) < 4.78 is 0. The first kappa shape index (κ1) is 23.0. The molecule has 1 aromatic heterocycles. The van der Waals surface area contributed by atoms with Crippen molar-refractivity contribution in [2.24, 2.45) is 17.3 Å². The number of allylic oxidation sites excluding steroid dienone is 3. The first-order valence-electron chi connectivity index (χ1n) is 11.9. The van der Waals surface area contributed by atoms with Crippen LogP contribution in [0.1, 0.15) is 57.4 Å². The Hall–Kier alpha value is -2.19. The molecule has 0 aliphatic heterocycles. The summed E-state index contributed by atoms with van der Waals surface area (Å²) in [5.74, 6) is 7.34. The molecule has 1 fully saturated rings. The van der Waals surface area contributed by atoms with Gasteiger partial charge in [0, 0.05) is 34.9 Å². The highest BCUT2D eigenvalue weighted by atomic mass is 16.3. The van der Waals surface area contributed by atoms with Gasteiger partial charge in [0.2, 0.25) is 0 Å². The second-order valence-electron chi connectivity index (χ2n) is 9.99. The molecule has 0 aromatic carbocycles. The van der Waals surface area contributed by atoms with Crippen molar-refractivity contribution < 1.29 is 10.2 Å². The molecule has 0 spiro atoms. The maximum Gasteiger partial charge on any atom is 0.0933 e. The Morgan fingerprint density at radius 3 is 2.72 bits per heavy atom. The van der Waals surface area contributed by atoms with Gasteiger partial charge in [-0.1, -0.05) is 42.6 Å². The van der Waals surface area contributed by atoms with Gasteiger partial charge in [-0.05, 0) is 82.7 Å². The van der Waals surface area contributed by atoms with E-state index in [1.54, 1.807) is 12.4 Å². The molecule has 170 valence electrons. The molecule has 32 heavy (non-hydrogen) atoms. The predicted molar refractivity (Wildman–Crippen MR) is 129 cm³/mol. The number of aliphatic hydroxyl groups is 2. The van der Waals surface area contributed by atoms with Gasteiger partial charge in [-0.3, -0.25) is 4.98 Å². The van der Waals surface area contributed by atoms with Gasteiger partial charge in [-0.15, -0.1) is 0 Å². The van der Waals surface area contributed by atoms with Gasteiger partial charge in [-0.25, -0.2) is 0 Å². The van der Waals surface area contributed by atoms with E-state index >= 15 is 0 Å². The van der Waals surface area contributed by atoms with E-state index in [1.807, 2.05) is 26.2 Å². The second kappa shape index (κ2) is 9.35. The van der Waals surface area contributed by atoms with Crippen LogP contribution in [0.4, 0.5) is 0 Å². The lowest BCUT2D eigenvalue weighted by Crippen LogP contribution is -2.48. The van der Waals surface area contributed by atoms with E-state index in [2.05, 4.69) is 47.3 Å². The van der Waals surface area contributed by atoms with Crippen LogP contribution in [-0.2, 0) is 0 Å². The molecule has 4 heteroatoms. The minimum atomic E-state index is -0.795. The molecule has 1 heterocycles. The largest absolute Gasteiger partial charge is 0.393 e. The fourth-order valence-corrected chi connectivity index (χ4v) is 6.08. The van der Waals surface area contributed by atoms with Crippen LogP contribution in [0.3, 0.4) is 0 Å². The summed E-state index contributed by atoms with van der Waals surface area (Å²) in [5, 5.41) is 24.8. The van der Waals surface area contributed by atoms with Crippen molar-refractivity contribution in [1.82, 2.24) is 10.3 Å². The molecule has 3 N–H and O–H groups in total. The molecular formula is C28H36N2O2. The average molecular weight is 433 g/mol. The minimum absolute atomic E-state index is 0.124. The number of nitrogens with zero attached hydrogens (tertiary/aromatic N) is 1. The number of aromatic nitrogens is 1. The molecular weight excluding hydrogens is 396 g/mol. The van der Waals surface area contributed by atoms with Crippen LogP contribution in [0.25, 0.3) is 0 Å². The van der Waals surface area contributed by atoms with Crippen LogP contribution in [0.5, 0.6) is 0 Å². The van der Waals surface area contributed by atoms with E-state index < -0.39 is 5.60 Å². The van der Waals surface area contributed by atoms with Crippen LogP contribution in [-0.4, -0.2) is 41.0 Å². The molecule has 4 nitrogen and oxygen atoms in total. The molecule has 4 unspecified atom stereocenters. The van der Waals surface area contributed by atoms with E-state index in [1.165, 1.54) is 5.57 Å². The summed E-state index contributed by atoms with van der Waals surface area (Å²) in [6, 6.07) is 3.89. The van der Waals surface area contributed by atoms with E-state index in [0.717, 1.165) is 61.7 Å². The van der Waals surface area contributed by atoms with Gasteiger partial charge in [-0.2, -0.15) is 0 Å². The number of hydrogen-bond acceptors (Lipinski definition) is 4. The normalized spacial score (nSPS) is 35.2. The summed E-state index contributed by atoms with van der Waals surface area (Å²) in [6.45, 7) is 2.27. The smallest absolute Gasteiger partial charge is 0.0933 e. The van der Waals surface area contributed by atoms with Crippen LogP contribution >= 0.6 is 0 Å². The number of hydrogen-bond donors (Lipinski definition) is 3. The molecule has 0 saturated heterocycles. The summed E-state index contributed by atoms with van der Waals surface area (Å²) in [5.41, 5.74) is 3.59. The third-order valence-electron chi connectivity index (χ3n) is 7.83. The van der Waals surface area contributed by atoms with Crippen LogP contribution in [0.2, 0.25) is 0 Å². The van der Waals surface area contributed by atoms with Crippen LogP contribution in [0.15, 0.2) is 59.5 Å². The minimum Gasteiger partial charge on any atom is -0.393 e. The van der Waals surface area contributed by atoms with Gasteiger partial charge < -0.3 is 15.5 Å². The Morgan fingerprint density at radius 1 is 1.16 bits per heavy atom. The quantitative estimate of drug-likeness (QED) is 0.539. The van der Waals surface area contributed by atoms with Crippen molar-refractivity contribution in [1.29, 1.82) is 0 Å². The maximum absolute atomic E-state index is 12.0. The van der Waals surface area contributed by atoms with Crippen molar-refractivity contribution in [3.05, 3.63) is 65.0 Å². The van der Waals surface area contributed by atoms with Gasteiger partial charge in [0.1, 0.15) is 0 Å². The lowest BCUT2D eigenvalue weighted by atomic mass is 9.59. The Balaban J connectivity index is 0.000000775. The molecule has 1 aromatic rings. The number of fused-ring (bicyclic) bond motifs is 4. The van der Waals surface area contributed by atoms with Crippen LogP contribution < -0.4 is 5.32 Å². The van der Waals surface area contributed by atoms with Crippen LogP contribution in [0, 0.1) is 29.1 Å². The predicted octanol–water partition coefficient (Wildman–Crippen LogP) is 4.16. The van der Waals surface area contributed by atoms with Crippen molar-refractivity contribution in [2.75, 3.05) is 14.1 Å². The van der Waals surface area contributed by atoms with Gasteiger partial charge in [0.25, 0.3) is 0 Å². The molecule has 0 radical (unpaired) electrons. The number of aliphatic hydroxyl groups excluding tert-OH is 1. The number of rotatable bonds is 0. The fraction of sp³-hybridized carbons (Fsp3) is 0.536. The monoisotopic (exact) mass is 432 g/mol. The second-order valence-corrected chi connectivity index (χ2v) is 9.99. The SMILES string of the molecule is CC12CC=C3C=C4CC(O)CCC4CC[C@]3(O)C1CC=C2C#Cc1cccnc1.CNC. The summed E-state index contributed by atoms with van der Waals surface area (Å²) in [7, 11) is 3.75. The standard InChI is InChI=1S/C26H29NO2.C2H7N/c1-25-12-11-22-15-20-16-23(28)8-5-19(20)10-13-26(22,29)24(25)9-7-21(25)6-4-18-3-2-14-27-17-18;1-3-2/h2-3,7,11,14-15,17,19,23-24,28-29H,5,8-10,12-13,16H2,1H3;3H,1-2H3/t19?,23?,24?,25?,26-;/m1./s1. The fourth-order valence-electron chi connectivity index (χ4n) is 6.08. The van der Waals surface area contributed by atoms with Gasteiger partial charge in [0.15, 0.2) is 0 Å². The van der Waals surface area contributed by atoms with Crippen molar-refractivity contribution in [2.45, 2.75) is 63.6 Å². The molecule has 0 amide bonds. The Labute approximate surface area is 192 Å². The van der Waals surface area contributed by atoms with Crippen molar-refractivity contribution >= 4 is 0 Å². The highest BCUT2D eigenvalue weighted by Gasteiger charge is 2.55. The number of nitrogens with one attached hydrogen (secondary N) is 1. The lowest BCUT2D eigenvalue weighted by molar-refractivity contribution is -0.0370. The summed E-state index contributed by atoms with van der Waals surface area (Å²) in [4.78, 5) is 4.15. The third-order valence-corrected chi connectivity index (χ3v) is 7.83. The van der Waals surface area contributed by atoms with E-state index in [0.29, 0.717) is 5.92 Å². The zero-order valence-corrected chi connectivity index (χ0v) is 19.6. The van der Waals surface area contributed by atoms with E-state index in [4.69, 9.17) is 0 Å². The molecule has 4 aliphatic rings. The zero-order valence-electron chi connectivity index (χ0n) is 19.6. The molecule has 0 bridgehead atoms. The zero-order chi connectivity index (χ0) is 22.8. The lowest BCUT2D eigenvalue weighted by Gasteiger charge is -2.47. The van der Waals surface area contributed by atoms with E-state index in [9.17, 15) is 10.2 Å². The summed E-state index contributed by atoms with van der Waals surface area (Å²) >= 11 is 0. The Morgan fingerprint density at radius 2 is 1.97 bits per heavy atom. The topological polar surface area (TPSA) is 65.4 Å².